The van der Waals surface area contributed by atoms with Crippen molar-refractivity contribution in [1.82, 2.24) is 19.4 Å². The maximum Gasteiger partial charge on any atom is 0.354 e. The van der Waals surface area contributed by atoms with Crippen molar-refractivity contribution in [3.05, 3.63) is 76.6 Å². The highest BCUT2D eigenvalue weighted by atomic mass is 16.5. The van der Waals surface area contributed by atoms with Gasteiger partial charge in [0.2, 0.25) is 0 Å². The summed E-state index contributed by atoms with van der Waals surface area (Å²) >= 11 is 0. The Morgan fingerprint density at radius 2 is 1.86 bits per heavy atom. The van der Waals surface area contributed by atoms with E-state index < -0.39 is 23.7 Å². The molecule has 4 rings (SSSR count). The van der Waals surface area contributed by atoms with E-state index in [2.05, 4.69) is 9.97 Å². The number of Topliss-reactive ketones (excluding diaryl/α,β-unsaturated/α-hetero) is 1. The van der Waals surface area contributed by atoms with E-state index in [4.69, 9.17) is 9.47 Å². The molecule has 2 N–H and O–H groups in total. The molecule has 0 aliphatic carbocycles. The summed E-state index contributed by atoms with van der Waals surface area (Å²) in [4.78, 5) is 47.1. The summed E-state index contributed by atoms with van der Waals surface area (Å²) in [6, 6.07) is 6.20. The first-order valence-electron chi connectivity index (χ1n) is 11.4. The van der Waals surface area contributed by atoms with E-state index in [1.54, 1.807) is 57.7 Å². The van der Waals surface area contributed by atoms with Gasteiger partial charge in [0.25, 0.3) is 11.7 Å². The van der Waals surface area contributed by atoms with Crippen LogP contribution in [0.1, 0.15) is 45.3 Å². The number of carbonyl (C=O) groups is 3. The van der Waals surface area contributed by atoms with Gasteiger partial charge in [-0.1, -0.05) is 12.1 Å². The molecule has 0 saturated carbocycles. The maximum atomic E-state index is 13.3. The van der Waals surface area contributed by atoms with Crippen LogP contribution < -0.4 is 4.74 Å². The predicted octanol–water partition coefficient (Wildman–Crippen LogP) is 3.14. The number of likely N-dealkylation sites (tertiary alicyclic amines) is 1. The van der Waals surface area contributed by atoms with Crippen molar-refractivity contribution in [3.8, 4) is 5.75 Å². The van der Waals surface area contributed by atoms with Gasteiger partial charge in [-0.25, -0.2) is 9.78 Å². The van der Waals surface area contributed by atoms with Gasteiger partial charge in [0.15, 0.2) is 0 Å². The van der Waals surface area contributed by atoms with Crippen LogP contribution in [0.3, 0.4) is 0 Å². The average Bonchev–Trinajstić information content (AvgIpc) is 3.57. The van der Waals surface area contributed by atoms with Crippen LogP contribution in [0.4, 0.5) is 0 Å². The molecule has 1 amide bonds. The number of rotatable bonds is 8. The lowest BCUT2D eigenvalue weighted by atomic mass is 9.94. The molecular weight excluding hydrogens is 464 g/mol. The molecule has 3 heterocycles. The fraction of sp³-hybridized carbons (Fsp3) is 0.308. The number of aromatic nitrogens is 3. The van der Waals surface area contributed by atoms with Crippen LogP contribution in [0, 0.1) is 13.8 Å². The lowest BCUT2D eigenvalue weighted by molar-refractivity contribution is -0.139. The number of ether oxygens (including phenoxy) is 2. The number of benzene rings is 1. The fourth-order valence-corrected chi connectivity index (χ4v) is 4.63. The first-order valence-corrected chi connectivity index (χ1v) is 11.4. The number of esters is 1. The summed E-state index contributed by atoms with van der Waals surface area (Å²) < 4.78 is 12.0. The second-order valence-corrected chi connectivity index (χ2v) is 8.54. The third-order valence-corrected chi connectivity index (χ3v) is 6.41. The second-order valence-electron chi connectivity index (χ2n) is 8.54. The van der Waals surface area contributed by atoms with E-state index >= 15 is 0 Å². The van der Waals surface area contributed by atoms with Gasteiger partial charge in [0.05, 0.1) is 32.2 Å². The smallest absolute Gasteiger partial charge is 0.354 e. The van der Waals surface area contributed by atoms with Crippen LogP contribution in [0.15, 0.2) is 48.6 Å². The number of amides is 1. The Morgan fingerprint density at radius 1 is 1.14 bits per heavy atom. The number of nitrogens with zero attached hydrogens (tertiary/aromatic N) is 3. The lowest BCUT2D eigenvalue weighted by Crippen LogP contribution is -2.31. The molecule has 1 fully saturated rings. The number of methoxy groups -OCH3 is 2. The van der Waals surface area contributed by atoms with Crippen molar-refractivity contribution in [2.24, 2.45) is 0 Å². The monoisotopic (exact) mass is 492 g/mol. The van der Waals surface area contributed by atoms with Crippen LogP contribution in [0.2, 0.25) is 0 Å². The Labute approximate surface area is 208 Å². The first kappa shape index (κ1) is 24.8. The Bertz CT molecular complexity index is 1320. The summed E-state index contributed by atoms with van der Waals surface area (Å²) in [5.74, 6) is -1.79. The fourth-order valence-electron chi connectivity index (χ4n) is 4.63. The molecule has 0 radical (unpaired) electrons. The molecule has 1 atom stereocenters. The van der Waals surface area contributed by atoms with Crippen LogP contribution >= 0.6 is 0 Å². The number of aromatic amines is 1. The van der Waals surface area contributed by atoms with Gasteiger partial charge in [-0.3, -0.25) is 9.59 Å². The summed E-state index contributed by atoms with van der Waals surface area (Å²) in [5, 5.41) is 11.4. The molecule has 0 spiro atoms. The van der Waals surface area contributed by atoms with Crippen molar-refractivity contribution < 1.29 is 29.0 Å². The Morgan fingerprint density at radius 3 is 2.47 bits per heavy atom. The van der Waals surface area contributed by atoms with Crippen LogP contribution in [0.25, 0.3) is 5.76 Å². The van der Waals surface area contributed by atoms with Gasteiger partial charge in [0.1, 0.15) is 17.2 Å². The van der Waals surface area contributed by atoms with Crippen LogP contribution in [-0.2, 0) is 20.9 Å². The number of nitrogens with one attached hydrogen (secondary N) is 1. The second kappa shape index (κ2) is 10.1. The molecule has 188 valence electrons. The number of aliphatic hydroxyl groups is 1. The minimum Gasteiger partial charge on any atom is -0.507 e. The zero-order chi connectivity index (χ0) is 26.0. The SMILES string of the molecule is COC(=O)c1[nH]c(C)c(/C(O)=C2\C(=O)C(=O)N(CCCn3ccnc3)[C@H]2c2ccc(OC)cc2)c1C. The minimum atomic E-state index is -0.811. The predicted molar refractivity (Wildman–Crippen MR) is 130 cm³/mol. The van der Waals surface area contributed by atoms with E-state index in [1.807, 2.05) is 10.8 Å². The van der Waals surface area contributed by atoms with Crippen molar-refractivity contribution in [3.63, 3.8) is 0 Å². The first-order chi connectivity index (χ1) is 17.3. The average molecular weight is 493 g/mol. The molecule has 1 aliphatic rings. The molecule has 10 nitrogen and oxygen atoms in total. The third kappa shape index (κ3) is 4.37. The zero-order valence-corrected chi connectivity index (χ0v) is 20.6. The quantitative estimate of drug-likeness (QED) is 0.214. The number of aliphatic hydroxyl groups excluding tert-OH is 1. The van der Waals surface area contributed by atoms with Crippen LogP contribution in [0.5, 0.6) is 5.75 Å². The van der Waals surface area contributed by atoms with E-state index in [9.17, 15) is 19.5 Å². The molecule has 10 heteroatoms. The Hall–Kier alpha value is -4.34. The molecule has 36 heavy (non-hydrogen) atoms. The van der Waals surface area contributed by atoms with E-state index in [0.717, 1.165) is 0 Å². The highest BCUT2D eigenvalue weighted by Crippen LogP contribution is 2.41. The molecule has 1 aliphatic heterocycles. The Balaban J connectivity index is 1.80. The summed E-state index contributed by atoms with van der Waals surface area (Å²) in [5.41, 5.74) is 1.99. The van der Waals surface area contributed by atoms with E-state index in [1.165, 1.54) is 12.0 Å². The highest BCUT2D eigenvalue weighted by Gasteiger charge is 2.46. The molecule has 1 saturated heterocycles. The van der Waals surface area contributed by atoms with Crippen molar-refractivity contribution in [1.29, 1.82) is 0 Å². The minimum absolute atomic E-state index is 0.0330. The number of H-pyrrole nitrogens is 1. The topological polar surface area (TPSA) is 127 Å². The van der Waals surface area contributed by atoms with Crippen molar-refractivity contribution in [2.45, 2.75) is 32.9 Å². The zero-order valence-electron chi connectivity index (χ0n) is 20.6. The molecular formula is C26H28N4O6. The maximum absolute atomic E-state index is 13.3. The summed E-state index contributed by atoms with van der Waals surface area (Å²) in [6.07, 6.45) is 5.76. The van der Waals surface area contributed by atoms with Gasteiger partial charge < -0.3 is 29.0 Å². The largest absolute Gasteiger partial charge is 0.507 e. The molecule has 0 bridgehead atoms. The van der Waals surface area contributed by atoms with Crippen molar-refractivity contribution in [2.75, 3.05) is 20.8 Å². The standard InChI is InChI=1S/C26H28N4O6/c1-15-19(16(2)28-21(15)26(34)36-4)23(31)20-22(17-6-8-18(35-3)9-7-17)30(25(33)24(20)32)12-5-11-29-13-10-27-14-29/h6-10,13-14,22,28,31H,5,11-12H2,1-4H3/b23-20+/t22-/m0/s1. The van der Waals surface area contributed by atoms with Gasteiger partial charge in [0, 0.05) is 36.7 Å². The number of hydrogen-bond acceptors (Lipinski definition) is 7. The van der Waals surface area contributed by atoms with E-state index in [0.29, 0.717) is 41.1 Å². The summed E-state index contributed by atoms with van der Waals surface area (Å²) in [7, 11) is 2.81. The highest BCUT2D eigenvalue weighted by molar-refractivity contribution is 6.46. The number of imidazole rings is 1. The number of hydrogen-bond donors (Lipinski definition) is 2. The third-order valence-electron chi connectivity index (χ3n) is 6.41. The summed E-state index contributed by atoms with van der Waals surface area (Å²) in [6.45, 7) is 4.22. The van der Waals surface area contributed by atoms with Gasteiger partial charge in [-0.05, 0) is 43.5 Å². The van der Waals surface area contributed by atoms with Crippen molar-refractivity contribution >= 4 is 23.4 Å². The number of ketones is 1. The van der Waals surface area contributed by atoms with Gasteiger partial charge in [-0.15, -0.1) is 0 Å². The Kier molecular flexibility index (Phi) is 6.96. The lowest BCUT2D eigenvalue weighted by Gasteiger charge is -2.25. The van der Waals surface area contributed by atoms with Crippen LogP contribution in [-0.4, -0.2) is 63.0 Å². The van der Waals surface area contributed by atoms with E-state index in [-0.39, 0.29) is 23.6 Å². The normalized spacial score (nSPS) is 17.0. The number of aryl methyl sites for hydroxylation is 2. The molecule has 1 aromatic carbocycles. The number of carbonyl (C=O) groups excluding carboxylic acids is 3. The molecule has 0 unspecified atom stereocenters. The van der Waals surface area contributed by atoms with Gasteiger partial charge in [-0.2, -0.15) is 0 Å². The molecule has 2 aromatic heterocycles. The van der Waals surface area contributed by atoms with Gasteiger partial charge >= 0.3 is 5.97 Å². The molecule has 3 aromatic rings.